The summed E-state index contributed by atoms with van der Waals surface area (Å²) in [7, 11) is 0. The molecule has 0 aromatic rings. The molecular formula is C6H10NO. The van der Waals surface area contributed by atoms with E-state index in [-0.39, 0.29) is 6.52 Å². The van der Waals surface area contributed by atoms with E-state index in [9.17, 15) is 4.79 Å². The maximum Gasteiger partial charge on any atom is 0.312 e. The molecule has 1 saturated heterocycles. The highest BCUT2D eigenvalue weighted by atomic mass is 16.1. The van der Waals surface area contributed by atoms with Crippen LogP contribution in [0.3, 0.4) is 0 Å². The number of carbonyl (C=O) groups excluding carboxylic acids is 1. The van der Waals surface area contributed by atoms with Gasteiger partial charge in [-0.1, -0.05) is 0 Å². The highest BCUT2D eigenvalue weighted by molar-refractivity contribution is 5.48. The van der Waals surface area contributed by atoms with Gasteiger partial charge in [0, 0.05) is 14.4 Å². The van der Waals surface area contributed by atoms with Gasteiger partial charge in [-0.15, -0.1) is 0 Å². The van der Waals surface area contributed by atoms with Crippen LogP contribution in [0.4, 0.5) is 0 Å². The maximum absolute atomic E-state index is 10.1. The van der Waals surface area contributed by atoms with Gasteiger partial charge in [0.2, 0.25) is 0 Å². The van der Waals surface area contributed by atoms with Gasteiger partial charge in [-0.2, -0.15) is 0 Å². The van der Waals surface area contributed by atoms with Crippen LogP contribution in [0.15, 0.2) is 0 Å². The summed E-state index contributed by atoms with van der Waals surface area (Å²) in [6.07, 6.45) is 4.67. The van der Waals surface area contributed by atoms with Crippen molar-refractivity contribution >= 4 is 6.41 Å². The number of amides is 1. The Morgan fingerprint density at radius 3 is 2.88 bits per heavy atom. The van der Waals surface area contributed by atoms with Crippen LogP contribution in [0, 0.1) is 0 Å². The van der Waals surface area contributed by atoms with Gasteiger partial charge in [-0.05, 0) is 19.3 Å². The fourth-order valence-corrected chi connectivity index (χ4v) is 0.848. The van der Waals surface area contributed by atoms with E-state index in [0.717, 1.165) is 25.8 Å². The predicted octanol–water partition coefficient (Wildman–Crippen LogP) is 0.539. The van der Waals surface area contributed by atoms with E-state index in [1.54, 1.807) is 6.41 Å². The Morgan fingerprint density at radius 1 is 1.50 bits per heavy atom. The Labute approximate surface area is 50.9 Å². The molecule has 2 heteroatoms. The molecule has 1 rings (SSSR count). The molecule has 45 valence electrons. The topological polar surface area (TPSA) is 20.3 Å². The number of nitrogens with zero attached hydrogens (tertiary/aromatic N) is 1. The summed E-state index contributed by atoms with van der Waals surface area (Å²) in [5.74, 6) is 0. The maximum atomic E-state index is 10.1. The lowest BCUT2D eigenvalue weighted by atomic mass is 10.1. The highest BCUT2D eigenvalue weighted by Gasteiger charge is 2.06. The Balaban J connectivity index is 2.38. The summed E-state index contributed by atoms with van der Waals surface area (Å²) in [6.45, 7) is 0.397. The second-order valence-corrected chi connectivity index (χ2v) is 1.96. The summed E-state index contributed by atoms with van der Waals surface area (Å²) >= 11 is 0. The molecule has 0 spiro atoms. The summed E-state index contributed by atoms with van der Waals surface area (Å²) < 4.78 is 7.29. The molecule has 0 aliphatic carbocycles. The molecule has 0 N–H and O–H groups in total. The van der Waals surface area contributed by atoms with Crippen molar-refractivity contribution in [1.82, 2.24) is 4.90 Å². The minimum Gasteiger partial charge on any atom is -0.334 e. The van der Waals surface area contributed by atoms with Gasteiger partial charge < -0.3 is 4.90 Å². The van der Waals surface area contributed by atoms with Crippen molar-refractivity contribution in [3.8, 4) is 0 Å². The van der Waals surface area contributed by atoms with Gasteiger partial charge in [-0.25, -0.2) is 0 Å². The molecule has 0 aromatic heterocycles. The highest BCUT2D eigenvalue weighted by Crippen LogP contribution is 2.05. The molecule has 1 aliphatic heterocycles. The van der Waals surface area contributed by atoms with E-state index in [1.807, 2.05) is 0 Å². The number of hydrogen-bond acceptors (Lipinski definition) is 1. The van der Waals surface area contributed by atoms with Crippen LogP contribution in [0.2, 0.25) is 0 Å². The van der Waals surface area contributed by atoms with E-state index < -0.39 is 0 Å². The lowest BCUT2D eigenvalue weighted by Crippen LogP contribution is -2.27. The first-order valence-corrected chi connectivity index (χ1v) is 2.91. The van der Waals surface area contributed by atoms with Gasteiger partial charge >= 0.3 is 6.41 Å². The van der Waals surface area contributed by atoms with Crippen molar-refractivity contribution in [2.75, 3.05) is 13.1 Å². The molecular weight excluding hydrogens is 102 g/mol. The van der Waals surface area contributed by atoms with Crippen molar-refractivity contribution in [1.29, 1.82) is 0 Å². The largest absolute Gasteiger partial charge is 0.334 e. The zero-order valence-corrected chi connectivity index (χ0v) is 4.76. The second kappa shape index (κ2) is 2.70. The average molecular weight is 113 g/mol. The fraction of sp³-hybridized carbons (Fsp3) is 0.833. The molecule has 1 atom stereocenters. The Bertz CT molecular complexity index is 107. The van der Waals surface area contributed by atoms with Crippen molar-refractivity contribution in [3.63, 3.8) is 0 Å². The molecule has 1 heterocycles. The van der Waals surface area contributed by atoms with Crippen LogP contribution in [-0.4, -0.2) is 24.4 Å². The molecule has 0 bridgehead atoms. The van der Waals surface area contributed by atoms with E-state index in [4.69, 9.17) is 1.37 Å². The zero-order chi connectivity index (χ0) is 6.69. The van der Waals surface area contributed by atoms with Crippen molar-refractivity contribution in [3.05, 3.63) is 0 Å². The van der Waals surface area contributed by atoms with Gasteiger partial charge in [0.15, 0.2) is 0 Å². The molecule has 1 aliphatic rings. The first-order valence-electron chi connectivity index (χ1n) is 3.49. The van der Waals surface area contributed by atoms with Crippen molar-refractivity contribution in [2.45, 2.75) is 19.3 Å². The van der Waals surface area contributed by atoms with Crippen LogP contribution >= 0.6 is 0 Å². The normalized spacial score (nSPS) is 31.8. The monoisotopic (exact) mass is 113 g/mol. The molecule has 1 radical (unpaired) electrons. The van der Waals surface area contributed by atoms with Crippen LogP contribution in [0.25, 0.3) is 0 Å². The van der Waals surface area contributed by atoms with Gasteiger partial charge in [0.25, 0.3) is 0 Å². The van der Waals surface area contributed by atoms with Crippen LogP contribution in [0.1, 0.15) is 20.6 Å². The third-order valence-corrected chi connectivity index (χ3v) is 1.32. The quantitative estimate of drug-likeness (QED) is 0.486. The summed E-state index contributed by atoms with van der Waals surface area (Å²) in [6, 6.07) is 0. The predicted molar refractivity (Wildman–Crippen MR) is 31.1 cm³/mol. The fourth-order valence-electron chi connectivity index (χ4n) is 0.848. The first-order chi connectivity index (χ1) is 4.34. The molecule has 2 nitrogen and oxygen atoms in total. The Morgan fingerprint density at radius 2 is 2.38 bits per heavy atom. The van der Waals surface area contributed by atoms with E-state index in [1.165, 1.54) is 4.90 Å². The number of likely N-dealkylation sites (tertiary alicyclic amines) is 1. The van der Waals surface area contributed by atoms with E-state index in [0.29, 0.717) is 0 Å². The smallest absolute Gasteiger partial charge is 0.312 e. The molecule has 1 fully saturated rings. The number of hydrogen-bond donors (Lipinski definition) is 0. The molecule has 1 unspecified atom stereocenters. The third-order valence-electron chi connectivity index (χ3n) is 1.32. The van der Waals surface area contributed by atoms with Gasteiger partial charge in [-0.3, -0.25) is 4.79 Å². The lowest BCUT2D eigenvalue weighted by Gasteiger charge is -2.20. The van der Waals surface area contributed by atoms with Gasteiger partial charge in [0.1, 0.15) is 0 Å². The van der Waals surface area contributed by atoms with Crippen LogP contribution in [0.5, 0.6) is 0 Å². The SMILES string of the molecule is [2H]C1CCCCN1[C]=O. The summed E-state index contributed by atoms with van der Waals surface area (Å²) in [5, 5.41) is 0. The Hall–Kier alpha value is -0.530. The summed E-state index contributed by atoms with van der Waals surface area (Å²) in [5.41, 5.74) is 0. The van der Waals surface area contributed by atoms with Crippen molar-refractivity contribution in [2.24, 2.45) is 0 Å². The Kier molecular flexibility index (Phi) is 1.47. The second-order valence-electron chi connectivity index (χ2n) is 1.96. The standard InChI is InChI=1S/C6H10NO/c8-6-7-4-2-1-3-5-7/h1-5H2/i4D. The van der Waals surface area contributed by atoms with Crippen molar-refractivity contribution < 1.29 is 6.17 Å². The van der Waals surface area contributed by atoms with E-state index >= 15 is 0 Å². The summed E-state index contributed by atoms with van der Waals surface area (Å²) in [4.78, 5) is 11.5. The minimum atomic E-state index is -0.323. The molecule has 0 aromatic carbocycles. The van der Waals surface area contributed by atoms with Crippen LogP contribution < -0.4 is 0 Å². The van der Waals surface area contributed by atoms with E-state index in [2.05, 4.69) is 0 Å². The number of rotatable bonds is 1. The average Bonchev–Trinajstić information content (AvgIpc) is 1.89. The van der Waals surface area contributed by atoms with Gasteiger partial charge in [0.05, 0.1) is 0 Å². The third kappa shape index (κ3) is 1.22. The minimum absolute atomic E-state index is 0.323. The molecule has 1 amide bonds. The lowest BCUT2D eigenvalue weighted by molar-refractivity contribution is 0.321. The zero-order valence-electron chi connectivity index (χ0n) is 5.76. The molecule has 0 saturated carbocycles. The number of piperidine rings is 1. The van der Waals surface area contributed by atoms with Crippen LogP contribution in [-0.2, 0) is 4.79 Å². The first kappa shape index (κ1) is 4.36. The molecule has 8 heavy (non-hydrogen) atoms.